The molecule has 11 heteroatoms. The van der Waals surface area contributed by atoms with Crippen molar-refractivity contribution in [2.75, 3.05) is 26.1 Å². The lowest BCUT2D eigenvalue weighted by Crippen LogP contribution is -2.30. The average molecular weight is 433 g/mol. The average Bonchev–Trinajstić information content (AvgIpc) is 2.74. The Hall–Kier alpha value is -3.66. The minimum absolute atomic E-state index is 0.264. The molecule has 1 aromatic heterocycles. The molecule has 1 heterocycles. The van der Waals surface area contributed by atoms with E-state index in [0.717, 1.165) is 4.68 Å². The summed E-state index contributed by atoms with van der Waals surface area (Å²) in [7, 11) is 2.87. The van der Waals surface area contributed by atoms with Gasteiger partial charge in [-0.1, -0.05) is 28.9 Å². The van der Waals surface area contributed by atoms with Gasteiger partial charge in [0.1, 0.15) is 23.6 Å². The number of nitrogens with one attached hydrogen (secondary N) is 1. The predicted molar refractivity (Wildman–Crippen MR) is 108 cm³/mol. The number of nitrogens with zero attached hydrogens (tertiary/aromatic N) is 3. The molecule has 10 nitrogen and oxygen atoms in total. The van der Waals surface area contributed by atoms with Crippen molar-refractivity contribution in [1.82, 2.24) is 15.0 Å². The van der Waals surface area contributed by atoms with Crippen molar-refractivity contribution in [2.24, 2.45) is 0 Å². The number of benzene rings is 2. The van der Waals surface area contributed by atoms with Gasteiger partial charge >= 0.3 is 5.97 Å². The summed E-state index contributed by atoms with van der Waals surface area (Å²) in [5.41, 5.74) is 0.208. The Balaban J connectivity index is 1.62. The zero-order valence-electron chi connectivity index (χ0n) is 16.0. The monoisotopic (exact) mass is 432 g/mol. The number of rotatable bonds is 7. The quantitative estimate of drug-likeness (QED) is 0.559. The van der Waals surface area contributed by atoms with E-state index in [1.807, 2.05) is 0 Å². The largest absolute Gasteiger partial charge is 0.495 e. The van der Waals surface area contributed by atoms with Gasteiger partial charge in [-0.15, -0.1) is 5.10 Å². The fourth-order valence-electron chi connectivity index (χ4n) is 2.58. The van der Waals surface area contributed by atoms with E-state index in [0.29, 0.717) is 22.4 Å². The van der Waals surface area contributed by atoms with Crippen LogP contribution in [0.5, 0.6) is 11.5 Å². The number of halogens is 1. The van der Waals surface area contributed by atoms with Crippen molar-refractivity contribution in [3.63, 3.8) is 0 Å². The Kier molecular flexibility index (Phi) is 6.48. The summed E-state index contributed by atoms with van der Waals surface area (Å²) in [5.74, 6) is -0.759. The molecule has 2 aromatic carbocycles. The first kappa shape index (κ1) is 21.1. The van der Waals surface area contributed by atoms with Crippen LogP contribution < -0.4 is 20.3 Å². The molecule has 0 aliphatic carbocycles. The maximum atomic E-state index is 12.3. The molecule has 0 atom stereocenters. The molecule has 0 bridgehead atoms. The molecular weight excluding hydrogens is 416 g/mol. The first-order valence-electron chi connectivity index (χ1n) is 8.62. The number of fused-ring (bicyclic) bond motifs is 1. The molecule has 30 heavy (non-hydrogen) atoms. The number of hydrogen-bond donors (Lipinski definition) is 1. The highest BCUT2D eigenvalue weighted by Gasteiger charge is 2.15. The van der Waals surface area contributed by atoms with Crippen LogP contribution in [0.4, 0.5) is 5.69 Å². The van der Waals surface area contributed by atoms with Crippen LogP contribution in [-0.2, 0) is 20.9 Å². The fourth-order valence-corrected chi connectivity index (χ4v) is 2.83. The number of ether oxygens (including phenoxy) is 3. The molecule has 3 rings (SSSR count). The maximum Gasteiger partial charge on any atom is 0.328 e. The van der Waals surface area contributed by atoms with Gasteiger partial charge in [0.15, 0.2) is 6.61 Å². The molecule has 1 amide bonds. The minimum Gasteiger partial charge on any atom is -0.495 e. The summed E-state index contributed by atoms with van der Waals surface area (Å²) >= 11 is 6.05. The van der Waals surface area contributed by atoms with Crippen LogP contribution in [0.25, 0.3) is 10.9 Å². The number of esters is 1. The van der Waals surface area contributed by atoms with Crippen LogP contribution >= 0.6 is 11.6 Å². The van der Waals surface area contributed by atoms with Gasteiger partial charge in [-0.25, -0.2) is 0 Å². The first-order valence-corrected chi connectivity index (χ1v) is 9.00. The van der Waals surface area contributed by atoms with E-state index in [1.54, 1.807) is 24.3 Å². The molecule has 0 radical (unpaired) electrons. The third-order valence-electron chi connectivity index (χ3n) is 4.02. The Labute approximate surface area is 175 Å². The Morgan fingerprint density at radius 2 is 1.87 bits per heavy atom. The summed E-state index contributed by atoms with van der Waals surface area (Å²) in [4.78, 5) is 36.5. The van der Waals surface area contributed by atoms with Crippen molar-refractivity contribution < 1.29 is 23.8 Å². The molecule has 0 spiro atoms. The van der Waals surface area contributed by atoms with Crippen molar-refractivity contribution in [1.29, 1.82) is 0 Å². The van der Waals surface area contributed by atoms with Crippen LogP contribution in [-0.4, -0.2) is 47.7 Å². The number of hydrogen-bond acceptors (Lipinski definition) is 8. The van der Waals surface area contributed by atoms with Gasteiger partial charge in [0.2, 0.25) is 0 Å². The molecule has 1 N–H and O–H groups in total. The lowest BCUT2D eigenvalue weighted by Gasteiger charge is -2.13. The van der Waals surface area contributed by atoms with E-state index < -0.39 is 30.6 Å². The highest BCUT2D eigenvalue weighted by molar-refractivity contribution is 6.32. The summed E-state index contributed by atoms with van der Waals surface area (Å²) in [6.45, 7) is -1.07. The minimum atomic E-state index is -0.823. The Morgan fingerprint density at radius 3 is 2.60 bits per heavy atom. The lowest BCUT2D eigenvalue weighted by molar-refractivity contribution is -0.148. The van der Waals surface area contributed by atoms with Gasteiger partial charge in [-0.3, -0.25) is 14.4 Å². The Morgan fingerprint density at radius 1 is 1.13 bits per heavy atom. The van der Waals surface area contributed by atoms with Crippen molar-refractivity contribution in [3.05, 3.63) is 51.8 Å². The highest BCUT2D eigenvalue weighted by Crippen LogP contribution is 2.35. The first-order chi connectivity index (χ1) is 14.4. The highest BCUT2D eigenvalue weighted by atomic mass is 35.5. The number of aromatic nitrogens is 3. The van der Waals surface area contributed by atoms with Gasteiger partial charge in [-0.05, 0) is 18.2 Å². The number of anilines is 1. The van der Waals surface area contributed by atoms with Gasteiger partial charge in [-0.2, -0.15) is 4.68 Å². The van der Waals surface area contributed by atoms with Crippen LogP contribution in [0.3, 0.4) is 0 Å². The molecule has 0 unspecified atom stereocenters. The van der Waals surface area contributed by atoms with Crippen LogP contribution in [0.2, 0.25) is 5.02 Å². The van der Waals surface area contributed by atoms with E-state index in [-0.39, 0.29) is 10.7 Å². The van der Waals surface area contributed by atoms with Crippen molar-refractivity contribution in [3.8, 4) is 11.5 Å². The van der Waals surface area contributed by atoms with Crippen molar-refractivity contribution >= 4 is 40.1 Å². The van der Waals surface area contributed by atoms with Crippen LogP contribution in [0, 0.1) is 0 Å². The van der Waals surface area contributed by atoms with E-state index in [4.69, 9.17) is 25.8 Å². The summed E-state index contributed by atoms with van der Waals surface area (Å²) in [5, 5.41) is 10.7. The van der Waals surface area contributed by atoms with Crippen molar-refractivity contribution in [2.45, 2.75) is 6.54 Å². The van der Waals surface area contributed by atoms with E-state index in [9.17, 15) is 14.4 Å². The summed E-state index contributed by atoms with van der Waals surface area (Å²) in [6.07, 6.45) is 0. The van der Waals surface area contributed by atoms with Crippen LogP contribution in [0.15, 0.2) is 41.2 Å². The zero-order valence-corrected chi connectivity index (χ0v) is 16.8. The SMILES string of the molecule is COc1cc(OC)c(NC(=O)COC(=O)Cn2nnc3ccccc3c2=O)cc1Cl. The van der Waals surface area contributed by atoms with E-state index in [1.165, 1.54) is 26.4 Å². The molecule has 0 saturated heterocycles. The standard InChI is InChI=1S/C19H17ClN4O6/c1-28-15-8-16(29-2)14(7-12(15)20)21-17(25)10-30-18(26)9-24-19(27)11-5-3-4-6-13(11)22-23-24/h3-8H,9-10H2,1-2H3,(H,21,25). The lowest BCUT2D eigenvalue weighted by atomic mass is 10.2. The maximum absolute atomic E-state index is 12.3. The van der Waals surface area contributed by atoms with Gasteiger partial charge in [0.05, 0.1) is 30.3 Å². The second kappa shape index (κ2) is 9.23. The van der Waals surface area contributed by atoms with Crippen LogP contribution in [0.1, 0.15) is 0 Å². The fraction of sp³-hybridized carbons (Fsp3) is 0.211. The molecule has 3 aromatic rings. The third-order valence-corrected chi connectivity index (χ3v) is 4.32. The van der Waals surface area contributed by atoms with E-state index >= 15 is 0 Å². The second-order valence-electron chi connectivity index (χ2n) is 5.97. The predicted octanol–water partition coefficient (Wildman–Crippen LogP) is 1.64. The van der Waals surface area contributed by atoms with Gasteiger partial charge < -0.3 is 19.5 Å². The number of methoxy groups -OCH3 is 2. The number of carbonyl (C=O) groups excluding carboxylic acids is 2. The topological polar surface area (TPSA) is 122 Å². The molecular formula is C19H17ClN4O6. The zero-order chi connectivity index (χ0) is 21.7. The van der Waals surface area contributed by atoms with Gasteiger partial charge in [0, 0.05) is 6.07 Å². The second-order valence-corrected chi connectivity index (χ2v) is 6.37. The normalized spacial score (nSPS) is 10.5. The molecule has 0 aliphatic rings. The third kappa shape index (κ3) is 4.66. The molecule has 0 aliphatic heterocycles. The van der Waals surface area contributed by atoms with Gasteiger partial charge in [0.25, 0.3) is 11.5 Å². The van der Waals surface area contributed by atoms with E-state index in [2.05, 4.69) is 15.6 Å². The number of carbonyl (C=O) groups is 2. The molecule has 0 saturated carbocycles. The summed E-state index contributed by atoms with van der Waals surface area (Å²) < 4.78 is 16.1. The summed E-state index contributed by atoms with van der Waals surface area (Å²) in [6, 6.07) is 9.57. The Bertz CT molecular complexity index is 1160. The smallest absolute Gasteiger partial charge is 0.328 e. The molecule has 0 fully saturated rings. The molecule has 156 valence electrons. The number of amides is 1.